The normalized spacial score (nSPS) is 10.3. The molecule has 4 aromatic rings. The molecule has 32 heavy (non-hydrogen) atoms. The van der Waals surface area contributed by atoms with Crippen LogP contribution in [-0.2, 0) is 0 Å². The van der Waals surface area contributed by atoms with Crippen LogP contribution in [0, 0.1) is 0 Å². The topological polar surface area (TPSA) is 99.5 Å². The van der Waals surface area contributed by atoms with Gasteiger partial charge >= 0.3 is 6.03 Å². The van der Waals surface area contributed by atoms with Crippen LogP contribution < -0.4 is 24.8 Å². The van der Waals surface area contributed by atoms with E-state index in [2.05, 4.69) is 20.8 Å². The van der Waals surface area contributed by atoms with E-state index in [4.69, 9.17) is 14.2 Å². The summed E-state index contributed by atoms with van der Waals surface area (Å²) in [6.07, 6.45) is 3.77. The molecule has 0 saturated carbocycles. The molecule has 2 aromatic carbocycles. The van der Waals surface area contributed by atoms with Crippen molar-refractivity contribution in [2.45, 2.75) is 0 Å². The van der Waals surface area contributed by atoms with Crippen LogP contribution in [0.2, 0.25) is 0 Å². The third-order valence-electron chi connectivity index (χ3n) is 4.44. The molecule has 9 nitrogen and oxygen atoms in total. The van der Waals surface area contributed by atoms with E-state index in [1.54, 1.807) is 62.8 Å². The minimum atomic E-state index is -0.402. The van der Waals surface area contributed by atoms with Gasteiger partial charge in [0.05, 0.1) is 14.2 Å². The lowest BCUT2D eigenvalue weighted by Gasteiger charge is -2.11. The maximum absolute atomic E-state index is 12.3. The van der Waals surface area contributed by atoms with Gasteiger partial charge in [-0.2, -0.15) is 0 Å². The average molecular weight is 431 g/mol. The van der Waals surface area contributed by atoms with Gasteiger partial charge in [-0.3, -0.25) is 0 Å². The molecule has 4 rings (SSSR count). The van der Waals surface area contributed by atoms with E-state index in [-0.39, 0.29) is 0 Å². The molecule has 2 aromatic heterocycles. The molecular weight excluding hydrogens is 410 g/mol. The zero-order chi connectivity index (χ0) is 22.3. The van der Waals surface area contributed by atoms with E-state index < -0.39 is 6.03 Å². The second-order valence-corrected chi connectivity index (χ2v) is 6.63. The molecule has 0 fully saturated rings. The van der Waals surface area contributed by atoms with Gasteiger partial charge in [-0.1, -0.05) is 0 Å². The van der Waals surface area contributed by atoms with Crippen LogP contribution in [0.4, 0.5) is 16.2 Å². The number of urea groups is 1. The number of methoxy groups -OCH3 is 2. The van der Waals surface area contributed by atoms with E-state index in [1.807, 2.05) is 35.2 Å². The largest absolute Gasteiger partial charge is 0.497 e. The highest BCUT2D eigenvalue weighted by Gasteiger charge is 2.07. The smallest absolute Gasteiger partial charge is 0.323 e. The first-order valence-electron chi connectivity index (χ1n) is 9.69. The Morgan fingerprint density at radius 1 is 0.781 bits per heavy atom. The van der Waals surface area contributed by atoms with Crippen molar-refractivity contribution in [3.63, 3.8) is 0 Å². The monoisotopic (exact) mass is 431 g/mol. The number of nitrogens with one attached hydrogen (secondary N) is 2. The highest BCUT2D eigenvalue weighted by molar-refractivity contribution is 6.00. The Labute approximate surface area is 184 Å². The van der Waals surface area contributed by atoms with Crippen molar-refractivity contribution < 1.29 is 19.0 Å². The van der Waals surface area contributed by atoms with E-state index in [0.29, 0.717) is 40.3 Å². The van der Waals surface area contributed by atoms with Gasteiger partial charge in [0, 0.05) is 48.0 Å². The Kier molecular flexibility index (Phi) is 6.17. The summed E-state index contributed by atoms with van der Waals surface area (Å²) >= 11 is 0. The lowest BCUT2D eigenvalue weighted by molar-refractivity contribution is 0.262. The van der Waals surface area contributed by atoms with Gasteiger partial charge in [-0.05, 0) is 42.5 Å². The molecule has 0 saturated heterocycles. The third-order valence-corrected chi connectivity index (χ3v) is 4.44. The van der Waals surface area contributed by atoms with Gasteiger partial charge in [0.25, 0.3) is 0 Å². The third kappa shape index (κ3) is 5.14. The Morgan fingerprint density at radius 3 is 2.03 bits per heavy atom. The van der Waals surface area contributed by atoms with Crippen LogP contribution >= 0.6 is 0 Å². The lowest BCUT2D eigenvalue weighted by Crippen LogP contribution is -2.19. The fourth-order valence-corrected chi connectivity index (χ4v) is 2.89. The zero-order valence-electron chi connectivity index (χ0n) is 17.5. The number of rotatable bonds is 7. The summed E-state index contributed by atoms with van der Waals surface area (Å²) in [7, 11) is 3.09. The summed E-state index contributed by atoms with van der Waals surface area (Å²) < 4.78 is 18.0. The predicted molar refractivity (Wildman–Crippen MR) is 120 cm³/mol. The van der Waals surface area contributed by atoms with Crippen molar-refractivity contribution in [3.8, 4) is 28.9 Å². The maximum atomic E-state index is 12.3. The molecule has 9 heteroatoms. The molecule has 0 spiro atoms. The van der Waals surface area contributed by atoms with Crippen LogP contribution in [0.15, 0.2) is 79.1 Å². The summed E-state index contributed by atoms with van der Waals surface area (Å²) in [5, 5.41) is 13.7. The van der Waals surface area contributed by atoms with E-state index >= 15 is 0 Å². The molecule has 162 valence electrons. The quantitative estimate of drug-likeness (QED) is 0.439. The lowest BCUT2D eigenvalue weighted by atomic mass is 10.2. The molecule has 0 aliphatic carbocycles. The number of amides is 2. The highest BCUT2D eigenvalue weighted by atomic mass is 16.5. The second kappa shape index (κ2) is 9.52. The minimum Gasteiger partial charge on any atom is -0.497 e. The Morgan fingerprint density at radius 2 is 1.44 bits per heavy atom. The van der Waals surface area contributed by atoms with Crippen LogP contribution in [0.25, 0.3) is 5.82 Å². The number of carbonyl (C=O) groups excluding carboxylic acids is 1. The van der Waals surface area contributed by atoms with Crippen molar-refractivity contribution >= 4 is 17.4 Å². The SMILES string of the molecule is COc1cc(NC(=O)Nc2ccc(Oc3ccc(-n4cccc4)nn3)cc2)cc(OC)c1. The number of hydrogen-bond donors (Lipinski definition) is 2. The van der Waals surface area contributed by atoms with Crippen molar-refractivity contribution in [1.82, 2.24) is 14.8 Å². The van der Waals surface area contributed by atoms with Crippen molar-refractivity contribution in [3.05, 3.63) is 79.1 Å². The predicted octanol–water partition coefficient (Wildman–Crippen LogP) is 4.72. The number of hydrogen-bond acceptors (Lipinski definition) is 6. The number of aromatic nitrogens is 3. The molecule has 0 unspecified atom stereocenters. The molecular formula is C23H21N5O4. The molecule has 0 aliphatic rings. The summed E-state index contributed by atoms with van der Waals surface area (Å²) in [6, 6.07) is 19.0. The summed E-state index contributed by atoms with van der Waals surface area (Å²) in [5.41, 5.74) is 1.14. The number of carbonyl (C=O) groups is 1. The first-order valence-corrected chi connectivity index (χ1v) is 9.69. The Bertz CT molecular complexity index is 1150. The Balaban J connectivity index is 1.35. The summed E-state index contributed by atoms with van der Waals surface area (Å²) in [5.74, 6) is 2.78. The van der Waals surface area contributed by atoms with Crippen LogP contribution in [-0.4, -0.2) is 35.0 Å². The fraction of sp³-hybridized carbons (Fsp3) is 0.0870. The number of anilines is 2. The van der Waals surface area contributed by atoms with Crippen LogP contribution in [0.1, 0.15) is 0 Å². The highest BCUT2D eigenvalue weighted by Crippen LogP contribution is 2.26. The van der Waals surface area contributed by atoms with Crippen molar-refractivity contribution in [2.24, 2.45) is 0 Å². The van der Waals surface area contributed by atoms with Gasteiger partial charge in [0.15, 0.2) is 5.82 Å². The van der Waals surface area contributed by atoms with Gasteiger partial charge in [0.2, 0.25) is 5.88 Å². The molecule has 2 N–H and O–H groups in total. The molecule has 0 bridgehead atoms. The van der Waals surface area contributed by atoms with E-state index in [0.717, 1.165) is 0 Å². The van der Waals surface area contributed by atoms with Gasteiger partial charge in [-0.25, -0.2) is 4.79 Å². The van der Waals surface area contributed by atoms with Gasteiger partial charge in [0.1, 0.15) is 17.2 Å². The first-order chi connectivity index (χ1) is 15.6. The number of nitrogens with zero attached hydrogens (tertiary/aromatic N) is 3. The van der Waals surface area contributed by atoms with E-state index in [1.165, 1.54) is 0 Å². The van der Waals surface area contributed by atoms with Crippen molar-refractivity contribution in [1.29, 1.82) is 0 Å². The Hall–Kier alpha value is -4.53. The van der Waals surface area contributed by atoms with Gasteiger partial charge in [-0.15, -0.1) is 10.2 Å². The van der Waals surface area contributed by atoms with Gasteiger partial charge < -0.3 is 29.4 Å². The van der Waals surface area contributed by atoms with Crippen LogP contribution in [0.5, 0.6) is 23.1 Å². The van der Waals surface area contributed by atoms with Crippen molar-refractivity contribution in [2.75, 3.05) is 24.9 Å². The molecule has 2 amide bonds. The maximum Gasteiger partial charge on any atom is 0.323 e. The summed E-state index contributed by atoms with van der Waals surface area (Å²) in [6.45, 7) is 0. The molecule has 2 heterocycles. The number of ether oxygens (including phenoxy) is 3. The number of benzene rings is 2. The summed E-state index contributed by atoms with van der Waals surface area (Å²) in [4.78, 5) is 12.3. The first kappa shape index (κ1) is 20.7. The zero-order valence-corrected chi connectivity index (χ0v) is 17.5. The fourth-order valence-electron chi connectivity index (χ4n) is 2.89. The minimum absolute atomic E-state index is 0.367. The average Bonchev–Trinajstić information content (AvgIpc) is 3.35. The molecule has 0 radical (unpaired) electrons. The standard InChI is InChI=1S/C23H21N5O4/c1-30-19-13-17(14-20(15-19)31-2)25-23(29)24-16-5-7-18(8-6-16)32-22-10-9-21(26-27-22)28-11-3-4-12-28/h3-15H,1-2H3,(H2,24,25,29). The second-order valence-electron chi connectivity index (χ2n) is 6.63. The molecule has 0 aliphatic heterocycles. The molecule has 0 atom stereocenters. The van der Waals surface area contributed by atoms with E-state index in [9.17, 15) is 4.79 Å². The van der Waals surface area contributed by atoms with Crippen LogP contribution in [0.3, 0.4) is 0 Å².